The van der Waals surface area contributed by atoms with Gasteiger partial charge in [0.1, 0.15) is 0 Å². The number of nitro groups is 1. The minimum absolute atomic E-state index is 0.123. The average molecular weight is 379 g/mol. The highest BCUT2D eigenvalue weighted by Gasteiger charge is 2.20. The second kappa shape index (κ2) is 9.11. The Kier molecular flexibility index (Phi) is 6.59. The summed E-state index contributed by atoms with van der Waals surface area (Å²) in [5.74, 6) is 0. The molecule has 142 valence electrons. The Hall–Kier alpha value is -1.97. The molecule has 3 rings (SSSR count). The molecule has 0 saturated carbocycles. The molecule has 0 aliphatic carbocycles. The lowest BCUT2D eigenvalue weighted by Crippen LogP contribution is -2.52. The summed E-state index contributed by atoms with van der Waals surface area (Å²) in [6.07, 6.45) is 0. The van der Waals surface area contributed by atoms with Gasteiger partial charge in [-0.25, -0.2) is 0 Å². The smallest absolute Gasteiger partial charge is 0.269 e. The van der Waals surface area contributed by atoms with Crippen molar-refractivity contribution in [2.75, 3.05) is 70.5 Å². The molecule has 0 radical (unpaired) electrons. The summed E-state index contributed by atoms with van der Waals surface area (Å²) in [5, 5.41) is 14.9. The molecule has 26 heavy (non-hydrogen) atoms. The van der Waals surface area contributed by atoms with Gasteiger partial charge in [0, 0.05) is 70.2 Å². The molecule has 2 heterocycles. The number of rotatable bonds is 5. The number of nitrogens with one attached hydrogen (secondary N) is 1. The van der Waals surface area contributed by atoms with Crippen LogP contribution in [0.25, 0.3) is 0 Å². The number of anilines is 1. The Balaban J connectivity index is 1.39. The average Bonchev–Trinajstić information content (AvgIpc) is 2.69. The van der Waals surface area contributed by atoms with Crippen molar-refractivity contribution in [1.82, 2.24) is 15.1 Å². The fourth-order valence-electron chi connectivity index (χ4n) is 3.21. The van der Waals surface area contributed by atoms with Gasteiger partial charge in [-0.05, 0) is 24.4 Å². The molecule has 0 bridgehead atoms. The van der Waals surface area contributed by atoms with Gasteiger partial charge in [-0.2, -0.15) is 0 Å². The predicted octanol–water partition coefficient (Wildman–Crippen LogP) is 0.923. The topological polar surface area (TPSA) is 74.1 Å². The number of piperazine rings is 1. The van der Waals surface area contributed by atoms with Gasteiger partial charge < -0.3 is 19.9 Å². The molecule has 0 atom stereocenters. The van der Waals surface area contributed by atoms with Crippen molar-refractivity contribution in [1.29, 1.82) is 0 Å². The van der Waals surface area contributed by atoms with Gasteiger partial charge in [-0.3, -0.25) is 15.0 Å². The minimum atomic E-state index is -0.372. The van der Waals surface area contributed by atoms with Gasteiger partial charge in [-0.15, -0.1) is 0 Å². The molecule has 0 amide bonds. The molecule has 0 aromatic heterocycles. The maximum atomic E-state index is 10.7. The zero-order valence-corrected chi connectivity index (χ0v) is 15.6. The summed E-state index contributed by atoms with van der Waals surface area (Å²) < 4.78 is 5.35. The fraction of sp³-hybridized carbons (Fsp3) is 0.588. The van der Waals surface area contributed by atoms with E-state index in [4.69, 9.17) is 17.0 Å². The van der Waals surface area contributed by atoms with Gasteiger partial charge in [0.2, 0.25) is 0 Å². The van der Waals surface area contributed by atoms with Gasteiger partial charge in [-0.1, -0.05) is 0 Å². The van der Waals surface area contributed by atoms with Crippen molar-refractivity contribution in [3.63, 3.8) is 0 Å². The summed E-state index contributed by atoms with van der Waals surface area (Å²) in [7, 11) is 0. The molecule has 8 nitrogen and oxygen atoms in total. The standard InChI is InChI=1S/C17H25N5O3S/c23-22(24)16-3-1-15(2-4-16)20-7-9-21(10-8-20)17(26)18-5-6-19-11-13-25-14-12-19/h1-4H,5-14H2,(H,18,26). The largest absolute Gasteiger partial charge is 0.379 e. The maximum Gasteiger partial charge on any atom is 0.269 e. The third-order valence-electron chi connectivity index (χ3n) is 4.80. The van der Waals surface area contributed by atoms with Crippen LogP contribution in [0, 0.1) is 10.1 Å². The van der Waals surface area contributed by atoms with Crippen molar-refractivity contribution in [2.24, 2.45) is 0 Å². The predicted molar refractivity (Wildman–Crippen MR) is 105 cm³/mol. The van der Waals surface area contributed by atoms with Crippen LogP contribution in [0.5, 0.6) is 0 Å². The molecular weight excluding hydrogens is 354 g/mol. The van der Waals surface area contributed by atoms with Crippen LogP contribution in [0.15, 0.2) is 24.3 Å². The highest BCUT2D eigenvalue weighted by atomic mass is 32.1. The minimum Gasteiger partial charge on any atom is -0.379 e. The lowest BCUT2D eigenvalue weighted by Gasteiger charge is -2.37. The monoisotopic (exact) mass is 379 g/mol. The third kappa shape index (κ3) is 5.03. The molecular formula is C17H25N5O3S. The lowest BCUT2D eigenvalue weighted by atomic mass is 10.2. The number of ether oxygens (including phenoxy) is 1. The van der Waals surface area contributed by atoms with E-state index >= 15 is 0 Å². The quantitative estimate of drug-likeness (QED) is 0.460. The summed E-state index contributed by atoms with van der Waals surface area (Å²) >= 11 is 5.52. The summed E-state index contributed by atoms with van der Waals surface area (Å²) in [5.41, 5.74) is 1.14. The molecule has 0 spiro atoms. The van der Waals surface area contributed by atoms with E-state index in [0.29, 0.717) is 0 Å². The van der Waals surface area contributed by atoms with Crippen LogP contribution in [-0.4, -0.2) is 85.4 Å². The second-order valence-corrected chi connectivity index (χ2v) is 6.82. The van der Waals surface area contributed by atoms with Crippen molar-refractivity contribution in [2.45, 2.75) is 0 Å². The van der Waals surface area contributed by atoms with Crippen molar-refractivity contribution in [3.05, 3.63) is 34.4 Å². The van der Waals surface area contributed by atoms with E-state index in [1.807, 2.05) is 12.1 Å². The SMILES string of the molecule is O=[N+]([O-])c1ccc(N2CCN(C(=S)NCCN3CCOCC3)CC2)cc1. The first-order chi connectivity index (χ1) is 12.6. The number of benzene rings is 1. The van der Waals surface area contributed by atoms with Crippen molar-refractivity contribution >= 4 is 28.7 Å². The number of non-ortho nitro benzene ring substituents is 1. The van der Waals surface area contributed by atoms with E-state index in [1.54, 1.807) is 12.1 Å². The molecule has 1 aromatic rings. The third-order valence-corrected chi connectivity index (χ3v) is 5.20. The van der Waals surface area contributed by atoms with Crippen molar-refractivity contribution in [3.8, 4) is 0 Å². The van der Waals surface area contributed by atoms with Gasteiger partial charge in [0.25, 0.3) is 5.69 Å². The van der Waals surface area contributed by atoms with E-state index < -0.39 is 0 Å². The van der Waals surface area contributed by atoms with E-state index in [9.17, 15) is 10.1 Å². The lowest BCUT2D eigenvalue weighted by molar-refractivity contribution is -0.384. The highest BCUT2D eigenvalue weighted by Crippen LogP contribution is 2.20. The van der Waals surface area contributed by atoms with Crippen LogP contribution in [-0.2, 0) is 4.74 Å². The zero-order valence-electron chi connectivity index (χ0n) is 14.8. The first kappa shape index (κ1) is 18.8. The van der Waals surface area contributed by atoms with Crippen LogP contribution >= 0.6 is 12.2 Å². The van der Waals surface area contributed by atoms with E-state index in [1.165, 1.54) is 0 Å². The van der Waals surface area contributed by atoms with Gasteiger partial charge in [0.05, 0.1) is 18.1 Å². The van der Waals surface area contributed by atoms with Crippen molar-refractivity contribution < 1.29 is 9.66 Å². The molecule has 2 fully saturated rings. The highest BCUT2D eigenvalue weighted by molar-refractivity contribution is 7.80. The number of nitrogens with zero attached hydrogens (tertiary/aromatic N) is 4. The summed E-state index contributed by atoms with van der Waals surface area (Å²) in [4.78, 5) is 17.2. The van der Waals surface area contributed by atoms with Crippen LogP contribution in [0.4, 0.5) is 11.4 Å². The number of nitro benzene ring substituents is 1. The molecule has 2 aliphatic heterocycles. The number of morpholine rings is 1. The molecule has 1 N–H and O–H groups in total. The molecule has 2 saturated heterocycles. The second-order valence-electron chi connectivity index (χ2n) is 6.43. The first-order valence-corrected chi connectivity index (χ1v) is 9.36. The number of thiocarbonyl (C=S) groups is 1. The van der Waals surface area contributed by atoms with E-state index in [2.05, 4.69) is 20.0 Å². The Morgan fingerprint density at radius 1 is 1.12 bits per heavy atom. The summed E-state index contributed by atoms with van der Waals surface area (Å²) in [6, 6.07) is 6.73. The Morgan fingerprint density at radius 2 is 1.77 bits per heavy atom. The maximum absolute atomic E-state index is 10.7. The van der Waals surface area contributed by atoms with Crippen LogP contribution in [0.2, 0.25) is 0 Å². The van der Waals surface area contributed by atoms with Gasteiger partial charge >= 0.3 is 0 Å². The molecule has 0 unspecified atom stereocenters. The Bertz CT molecular complexity index is 613. The number of hydrogen-bond acceptors (Lipinski definition) is 6. The fourth-order valence-corrected chi connectivity index (χ4v) is 3.50. The van der Waals surface area contributed by atoms with Crippen LogP contribution in [0.3, 0.4) is 0 Å². The Labute approximate surface area is 158 Å². The normalized spacial score (nSPS) is 18.6. The molecule has 1 aromatic carbocycles. The first-order valence-electron chi connectivity index (χ1n) is 8.96. The van der Waals surface area contributed by atoms with Crippen LogP contribution < -0.4 is 10.2 Å². The molecule has 9 heteroatoms. The molecule has 2 aliphatic rings. The zero-order chi connectivity index (χ0) is 18.4. The van der Waals surface area contributed by atoms with E-state index in [0.717, 1.165) is 76.4 Å². The van der Waals surface area contributed by atoms with Gasteiger partial charge in [0.15, 0.2) is 5.11 Å². The van der Waals surface area contributed by atoms with Crippen LogP contribution in [0.1, 0.15) is 0 Å². The summed E-state index contributed by atoms with van der Waals surface area (Å²) in [6.45, 7) is 8.83. The number of hydrogen-bond donors (Lipinski definition) is 1. The van der Waals surface area contributed by atoms with E-state index in [-0.39, 0.29) is 10.6 Å². The Morgan fingerprint density at radius 3 is 2.38 bits per heavy atom.